The molecule has 1 fully saturated rings. The molecule has 0 aliphatic carbocycles. The van der Waals surface area contributed by atoms with Crippen molar-refractivity contribution in [3.8, 4) is 5.75 Å². The number of aliphatic carboxylic acids is 1. The molecule has 114 valence electrons. The quantitative estimate of drug-likeness (QED) is 0.630. The number of carboxylic acid groups (broad SMARTS) is 1. The van der Waals surface area contributed by atoms with Gasteiger partial charge in [-0.2, -0.15) is 0 Å². The van der Waals surface area contributed by atoms with Crippen LogP contribution in [0.4, 0.5) is 5.69 Å². The summed E-state index contributed by atoms with van der Waals surface area (Å²) in [6.45, 7) is 2.47. The lowest BCUT2D eigenvalue weighted by Gasteiger charge is -2.15. The van der Waals surface area contributed by atoms with Gasteiger partial charge in [-0.25, -0.2) is 4.79 Å². The van der Waals surface area contributed by atoms with Gasteiger partial charge in [0.05, 0.1) is 18.1 Å². The van der Waals surface area contributed by atoms with Gasteiger partial charge in [-0.1, -0.05) is 6.92 Å². The molecular formula is C13H15NO7. The van der Waals surface area contributed by atoms with Crippen LogP contribution in [0.15, 0.2) is 18.2 Å². The monoisotopic (exact) mass is 297 g/mol. The molecule has 0 bridgehead atoms. The zero-order valence-electron chi connectivity index (χ0n) is 11.4. The van der Waals surface area contributed by atoms with Crippen molar-refractivity contribution in [2.75, 3.05) is 13.2 Å². The van der Waals surface area contributed by atoms with Gasteiger partial charge in [-0.3, -0.25) is 10.1 Å². The van der Waals surface area contributed by atoms with E-state index in [4.69, 9.17) is 19.3 Å². The predicted octanol–water partition coefficient (Wildman–Crippen LogP) is 1.88. The molecule has 0 radical (unpaired) electrons. The van der Waals surface area contributed by atoms with Crippen molar-refractivity contribution < 1.29 is 29.0 Å². The summed E-state index contributed by atoms with van der Waals surface area (Å²) in [4.78, 5) is 21.5. The number of hydrogen-bond donors (Lipinski definition) is 1. The van der Waals surface area contributed by atoms with Crippen molar-refractivity contribution in [3.05, 3.63) is 33.9 Å². The van der Waals surface area contributed by atoms with Crippen LogP contribution in [-0.2, 0) is 14.3 Å². The lowest BCUT2D eigenvalue weighted by Crippen LogP contribution is -2.26. The Morgan fingerprint density at radius 3 is 2.71 bits per heavy atom. The van der Waals surface area contributed by atoms with Crippen LogP contribution in [0.3, 0.4) is 0 Å². The van der Waals surface area contributed by atoms with E-state index in [9.17, 15) is 14.9 Å². The van der Waals surface area contributed by atoms with Crippen molar-refractivity contribution in [3.63, 3.8) is 0 Å². The second-order valence-corrected chi connectivity index (χ2v) is 4.41. The fourth-order valence-corrected chi connectivity index (χ4v) is 1.94. The van der Waals surface area contributed by atoms with Crippen molar-refractivity contribution in [2.45, 2.75) is 25.7 Å². The normalized spacial score (nSPS) is 16.6. The molecule has 21 heavy (non-hydrogen) atoms. The first-order chi connectivity index (χ1) is 10.0. The first kappa shape index (κ1) is 15.2. The van der Waals surface area contributed by atoms with Gasteiger partial charge in [0.1, 0.15) is 0 Å². The fourth-order valence-electron chi connectivity index (χ4n) is 1.94. The van der Waals surface area contributed by atoms with Gasteiger partial charge in [0, 0.05) is 11.6 Å². The maximum Gasteiger partial charge on any atom is 0.344 e. The highest BCUT2D eigenvalue weighted by atomic mass is 16.7. The molecule has 2 rings (SSSR count). The standard InChI is InChI=1S/C13H15NO7/c1-2-10(12(15)16)21-11-4-3-8(7-9(11)14(17)18)13-19-5-6-20-13/h3-4,7,10,13H,2,5-6H2,1H3,(H,15,16). The summed E-state index contributed by atoms with van der Waals surface area (Å²) in [5.74, 6) is -1.26. The van der Waals surface area contributed by atoms with E-state index in [-0.39, 0.29) is 17.9 Å². The van der Waals surface area contributed by atoms with Crippen molar-refractivity contribution in [1.29, 1.82) is 0 Å². The Kier molecular flexibility index (Phi) is 4.71. The number of nitro groups is 1. The summed E-state index contributed by atoms with van der Waals surface area (Å²) in [5.41, 5.74) is 0.182. The van der Waals surface area contributed by atoms with E-state index in [1.54, 1.807) is 13.0 Å². The van der Waals surface area contributed by atoms with Crippen molar-refractivity contribution in [2.24, 2.45) is 0 Å². The highest BCUT2D eigenvalue weighted by Crippen LogP contribution is 2.33. The summed E-state index contributed by atoms with van der Waals surface area (Å²) < 4.78 is 15.8. The van der Waals surface area contributed by atoms with Gasteiger partial charge in [0.15, 0.2) is 18.1 Å². The number of carboxylic acids is 1. The highest BCUT2D eigenvalue weighted by molar-refractivity contribution is 5.73. The van der Waals surface area contributed by atoms with Crippen LogP contribution in [0.25, 0.3) is 0 Å². The number of rotatable bonds is 6. The molecule has 1 unspecified atom stereocenters. The van der Waals surface area contributed by atoms with Gasteiger partial charge in [-0.15, -0.1) is 0 Å². The Morgan fingerprint density at radius 2 is 2.19 bits per heavy atom. The van der Waals surface area contributed by atoms with Gasteiger partial charge in [0.25, 0.3) is 0 Å². The van der Waals surface area contributed by atoms with Crippen molar-refractivity contribution in [1.82, 2.24) is 0 Å². The number of nitrogens with zero attached hydrogens (tertiary/aromatic N) is 1. The Labute approximate surface area is 120 Å². The molecule has 0 amide bonds. The lowest BCUT2D eigenvalue weighted by molar-refractivity contribution is -0.386. The van der Waals surface area contributed by atoms with E-state index in [1.807, 2.05) is 0 Å². The summed E-state index contributed by atoms with van der Waals surface area (Å²) in [6.07, 6.45) is -1.57. The molecule has 1 atom stereocenters. The van der Waals surface area contributed by atoms with Gasteiger partial charge in [-0.05, 0) is 18.6 Å². The third kappa shape index (κ3) is 3.47. The molecule has 1 heterocycles. The minimum absolute atomic E-state index is 0.0870. The topological polar surface area (TPSA) is 108 Å². The third-order valence-electron chi connectivity index (χ3n) is 2.99. The zero-order chi connectivity index (χ0) is 15.4. The van der Waals surface area contributed by atoms with E-state index in [0.29, 0.717) is 18.8 Å². The summed E-state index contributed by atoms with van der Waals surface area (Å²) in [5, 5.41) is 20.1. The smallest absolute Gasteiger partial charge is 0.344 e. The second kappa shape index (κ2) is 6.51. The summed E-state index contributed by atoms with van der Waals surface area (Å²) in [6, 6.07) is 4.21. The maximum absolute atomic E-state index is 11.1. The van der Waals surface area contributed by atoms with E-state index < -0.39 is 23.3 Å². The third-order valence-corrected chi connectivity index (χ3v) is 2.99. The highest BCUT2D eigenvalue weighted by Gasteiger charge is 2.26. The number of hydrogen-bond acceptors (Lipinski definition) is 6. The maximum atomic E-state index is 11.1. The second-order valence-electron chi connectivity index (χ2n) is 4.41. The average molecular weight is 297 g/mol. The van der Waals surface area contributed by atoms with Gasteiger partial charge >= 0.3 is 11.7 Å². The van der Waals surface area contributed by atoms with E-state index in [1.165, 1.54) is 12.1 Å². The van der Waals surface area contributed by atoms with Crippen LogP contribution in [0.2, 0.25) is 0 Å². The average Bonchev–Trinajstić information content (AvgIpc) is 2.98. The van der Waals surface area contributed by atoms with Crippen LogP contribution in [0.5, 0.6) is 5.75 Å². The molecule has 1 saturated heterocycles. The first-order valence-electron chi connectivity index (χ1n) is 6.44. The van der Waals surface area contributed by atoms with Gasteiger partial charge in [0.2, 0.25) is 0 Å². The Balaban J connectivity index is 2.28. The molecular weight excluding hydrogens is 282 g/mol. The minimum atomic E-state index is -1.17. The van der Waals surface area contributed by atoms with Crippen LogP contribution >= 0.6 is 0 Å². The molecule has 0 aromatic heterocycles. The summed E-state index contributed by atoms with van der Waals surface area (Å²) in [7, 11) is 0. The Bertz CT molecular complexity index is 539. The van der Waals surface area contributed by atoms with Crippen LogP contribution in [0.1, 0.15) is 25.2 Å². The molecule has 1 aliphatic rings. The number of ether oxygens (including phenoxy) is 3. The summed E-state index contributed by atoms with van der Waals surface area (Å²) >= 11 is 0. The molecule has 1 aliphatic heterocycles. The largest absolute Gasteiger partial charge is 0.479 e. The van der Waals surface area contributed by atoms with Gasteiger partial charge < -0.3 is 19.3 Å². The first-order valence-corrected chi connectivity index (χ1v) is 6.44. The molecule has 0 spiro atoms. The molecule has 8 nitrogen and oxygen atoms in total. The van der Waals surface area contributed by atoms with Crippen LogP contribution < -0.4 is 4.74 Å². The van der Waals surface area contributed by atoms with E-state index in [2.05, 4.69) is 0 Å². The molecule has 8 heteroatoms. The Morgan fingerprint density at radius 1 is 1.52 bits per heavy atom. The molecule has 0 saturated carbocycles. The molecule has 1 aromatic carbocycles. The number of nitro benzene ring substituents is 1. The minimum Gasteiger partial charge on any atom is -0.479 e. The molecule has 1 aromatic rings. The Hall–Kier alpha value is -2.19. The fraction of sp³-hybridized carbons (Fsp3) is 0.462. The van der Waals surface area contributed by atoms with Crippen molar-refractivity contribution >= 4 is 11.7 Å². The number of benzene rings is 1. The number of carbonyl (C=O) groups is 1. The van der Waals surface area contributed by atoms with E-state index in [0.717, 1.165) is 0 Å². The van der Waals surface area contributed by atoms with E-state index >= 15 is 0 Å². The van der Waals surface area contributed by atoms with Crippen LogP contribution in [0, 0.1) is 10.1 Å². The lowest BCUT2D eigenvalue weighted by atomic mass is 10.1. The predicted molar refractivity (Wildman–Crippen MR) is 70.1 cm³/mol. The SMILES string of the molecule is CCC(Oc1ccc(C2OCCO2)cc1[N+](=O)[O-])C(=O)O. The van der Waals surface area contributed by atoms with Crippen LogP contribution in [-0.4, -0.2) is 35.3 Å². The molecule has 1 N–H and O–H groups in total. The zero-order valence-corrected chi connectivity index (χ0v) is 11.4.